The molecule has 2 N–H and O–H groups in total. The Morgan fingerprint density at radius 1 is 1.13 bits per heavy atom. The number of rotatable bonds is 7. The number of H-pyrrole nitrogens is 1. The number of nitrogens with zero attached hydrogens (tertiary/aromatic N) is 1. The van der Waals surface area contributed by atoms with Gasteiger partial charge in [-0.05, 0) is 48.6 Å². The molecule has 3 aromatic rings. The Bertz CT molecular complexity index is 1090. The number of benzene rings is 2. The van der Waals surface area contributed by atoms with Gasteiger partial charge in [-0.3, -0.25) is 9.59 Å². The molecule has 0 fully saturated rings. The second-order valence-corrected chi connectivity index (χ2v) is 8.67. The molecule has 0 aliphatic carbocycles. The predicted octanol–water partition coefficient (Wildman–Crippen LogP) is 4.34. The highest BCUT2D eigenvalue weighted by molar-refractivity contribution is 7.98. The van der Waals surface area contributed by atoms with E-state index in [1.807, 2.05) is 41.5 Å². The number of carbonyl (C=O) groups is 2. The fourth-order valence-corrected chi connectivity index (χ4v) is 4.47. The maximum atomic E-state index is 13.2. The minimum atomic E-state index is -0.511. The van der Waals surface area contributed by atoms with Crippen molar-refractivity contribution in [1.82, 2.24) is 15.2 Å². The van der Waals surface area contributed by atoms with E-state index in [9.17, 15) is 9.59 Å². The highest BCUT2D eigenvalue weighted by atomic mass is 32.2. The lowest BCUT2D eigenvalue weighted by Crippen LogP contribution is -2.49. The lowest BCUT2D eigenvalue weighted by Gasteiger charge is -2.30. The van der Waals surface area contributed by atoms with E-state index in [1.54, 1.807) is 23.9 Å². The van der Waals surface area contributed by atoms with Crippen molar-refractivity contribution in [2.24, 2.45) is 0 Å². The highest BCUT2D eigenvalue weighted by Crippen LogP contribution is 2.29. The minimum absolute atomic E-state index is 0.00689. The lowest BCUT2D eigenvalue weighted by atomic mass is 9.98. The highest BCUT2D eigenvalue weighted by Gasteiger charge is 2.27. The van der Waals surface area contributed by atoms with E-state index in [4.69, 9.17) is 0 Å². The number of hydrogen-bond donors (Lipinski definition) is 2. The van der Waals surface area contributed by atoms with Gasteiger partial charge in [0, 0.05) is 41.3 Å². The lowest BCUT2D eigenvalue weighted by molar-refractivity contribution is -0.132. The van der Waals surface area contributed by atoms with Crippen LogP contribution in [0.2, 0.25) is 0 Å². The van der Waals surface area contributed by atoms with Gasteiger partial charge in [0.05, 0.1) is 0 Å². The zero-order chi connectivity index (χ0) is 21.6. The van der Waals surface area contributed by atoms with Crippen molar-refractivity contribution in [3.63, 3.8) is 0 Å². The number of hydrogen-bond acceptors (Lipinski definition) is 3. The van der Waals surface area contributed by atoms with Gasteiger partial charge in [0.2, 0.25) is 5.91 Å². The first kappa shape index (κ1) is 21.2. The summed E-state index contributed by atoms with van der Waals surface area (Å²) in [5.41, 5.74) is 4.16. The van der Waals surface area contributed by atoms with Gasteiger partial charge in [-0.15, -0.1) is 0 Å². The van der Waals surface area contributed by atoms with Crippen LogP contribution in [0.3, 0.4) is 0 Å². The molecule has 1 aliphatic heterocycles. The normalized spacial score (nSPS) is 14.9. The number of aromatic nitrogens is 1. The third-order valence-corrected chi connectivity index (χ3v) is 6.35. The summed E-state index contributed by atoms with van der Waals surface area (Å²) >= 11 is 1.68. The molecule has 0 spiro atoms. The van der Waals surface area contributed by atoms with E-state index >= 15 is 0 Å². The predicted molar refractivity (Wildman–Crippen MR) is 128 cm³/mol. The van der Waals surface area contributed by atoms with Crippen LogP contribution in [-0.2, 0) is 4.79 Å². The largest absolute Gasteiger partial charge is 0.361 e. The molecule has 2 amide bonds. The summed E-state index contributed by atoms with van der Waals surface area (Å²) in [7, 11) is 0. The molecule has 0 radical (unpaired) electrons. The standard InChI is InChI=1S/C25H27N3O2S/c1-31-16-13-23(27-24(29)19-7-3-2-4-8-19)25(30)28-14-11-18(12-15-28)21-17-26-22-10-6-5-9-20(21)22/h2-11,17,23,26H,12-16H2,1H3,(H,27,29). The maximum Gasteiger partial charge on any atom is 0.251 e. The Morgan fingerprint density at radius 2 is 1.90 bits per heavy atom. The third kappa shape index (κ3) is 4.85. The second-order valence-electron chi connectivity index (χ2n) is 7.69. The molecule has 0 bridgehead atoms. The summed E-state index contributed by atoms with van der Waals surface area (Å²) < 4.78 is 0. The van der Waals surface area contributed by atoms with Crippen LogP contribution in [0, 0.1) is 0 Å². The van der Waals surface area contributed by atoms with E-state index in [-0.39, 0.29) is 11.8 Å². The fraction of sp³-hybridized carbons (Fsp3) is 0.280. The molecule has 31 heavy (non-hydrogen) atoms. The first-order valence-electron chi connectivity index (χ1n) is 10.6. The fourth-order valence-electron chi connectivity index (χ4n) is 4.00. The summed E-state index contributed by atoms with van der Waals surface area (Å²) in [5.74, 6) is 0.607. The Kier molecular flexibility index (Phi) is 6.77. The smallest absolute Gasteiger partial charge is 0.251 e. The Hall–Kier alpha value is -2.99. The average Bonchev–Trinajstić information content (AvgIpc) is 3.26. The van der Waals surface area contributed by atoms with Crippen LogP contribution in [0.4, 0.5) is 0 Å². The SMILES string of the molecule is CSCCC(NC(=O)c1ccccc1)C(=O)N1CC=C(c2c[nH]c3ccccc23)CC1. The van der Waals surface area contributed by atoms with Crippen molar-refractivity contribution in [3.8, 4) is 0 Å². The molecule has 0 saturated carbocycles. The molecule has 1 aliphatic rings. The van der Waals surface area contributed by atoms with Gasteiger partial charge in [0.1, 0.15) is 6.04 Å². The van der Waals surface area contributed by atoms with Gasteiger partial charge < -0.3 is 15.2 Å². The molecule has 1 atom stereocenters. The monoisotopic (exact) mass is 433 g/mol. The quantitative estimate of drug-likeness (QED) is 0.583. The number of thioether (sulfide) groups is 1. The number of nitrogens with one attached hydrogen (secondary N) is 2. The van der Waals surface area contributed by atoms with Crippen LogP contribution in [0.25, 0.3) is 16.5 Å². The Labute approximate surface area is 186 Å². The van der Waals surface area contributed by atoms with E-state index in [1.165, 1.54) is 16.5 Å². The van der Waals surface area contributed by atoms with E-state index in [0.29, 0.717) is 25.1 Å². The third-order valence-electron chi connectivity index (χ3n) is 5.71. The van der Waals surface area contributed by atoms with Crippen molar-refractivity contribution < 1.29 is 9.59 Å². The first-order chi connectivity index (χ1) is 15.2. The Balaban J connectivity index is 1.46. The second kappa shape index (κ2) is 9.88. The number of carbonyl (C=O) groups excluding carboxylic acids is 2. The number of amides is 2. The molecule has 160 valence electrons. The topological polar surface area (TPSA) is 65.2 Å². The van der Waals surface area contributed by atoms with Crippen molar-refractivity contribution in [1.29, 1.82) is 0 Å². The molecular formula is C25H27N3O2S. The van der Waals surface area contributed by atoms with E-state index < -0.39 is 6.04 Å². The molecule has 2 heterocycles. The molecular weight excluding hydrogens is 406 g/mol. The van der Waals surface area contributed by atoms with Crippen LogP contribution in [0.1, 0.15) is 28.8 Å². The van der Waals surface area contributed by atoms with Crippen LogP contribution >= 0.6 is 11.8 Å². The molecule has 1 aromatic heterocycles. The van der Waals surface area contributed by atoms with Gasteiger partial charge in [0.25, 0.3) is 5.91 Å². The van der Waals surface area contributed by atoms with Crippen molar-refractivity contribution in [2.45, 2.75) is 18.9 Å². The summed E-state index contributed by atoms with van der Waals surface area (Å²) in [6.45, 7) is 1.21. The summed E-state index contributed by atoms with van der Waals surface area (Å²) in [4.78, 5) is 31.1. The summed E-state index contributed by atoms with van der Waals surface area (Å²) in [5, 5.41) is 4.17. The maximum absolute atomic E-state index is 13.2. The Morgan fingerprint density at radius 3 is 2.65 bits per heavy atom. The van der Waals surface area contributed by atoms with Crippen LogP contribution in [-0.4, -0.2) is 52.8 Å². The summed E-state index contributed by atoms with van der Waals surface area (Å²) in [6, 6.07) is 16.8. The zero-order valence-corrected chi connectivity index (χ0v) is 18.5. The summed E-state index contributed by atoms with van der Waals surface area (Å²) in [6.07, 6.45) is 7.62. The van der Waals surface area contributed by atoms with E-state index in [0.717, 1.165) is 17.7 Å². The van der Waals surface area contributed by atoms with Gasteiger partial charge in [-0.2, -0.15) is 11.8 Å². The van der Waals surface area contributed by atoms with Gasteiger partial charge in [-0.25, -0.2) is 0 Å². The van der Waals surface area contributed by atoms with Crippen LogP contribution in [0.5, 0.6) is 0 Å². The van der Waals surface area contributed by atoms with Crippen molar-refractivity contribution in [3.05, 3.63) is 78.0 Å². The van der Waals surface area contributed by atoms with E-state index in [2.05, 4.69) is 34.7 Å². The molecule has 5 nitrogen and oxygen atoms in total. The van der Waals surface area contributed by atoms with Crippen molar-refractivity contribution >= 4 is 40.1 Å². The van der Waals surface area contributed by atoms with Gasteiger partial charge in [0.15, 0.2) is 0 Å². The number of fused-ring (bicyclic) bond motifs is 1. The average molecular weight is 434 g/mol. The van der Waals surface area contributed by atoms with Crippen LogP contribution in [0.15, 0.2) is 66.9 Å². The molecule has 0 saturated heterocycles. The molecule has 4 rings (SSSR count). The minimum Gasteiger partial charge on any atom is -0.361 e. The molecule has 2 aromatic carbocycles. The van der Waals surface area contributed by atoms with Crippen molar-refractivity contribution in [2.75, 3.05) is 25.1 Å². The molecule has 1 unspecified atom stereocenters. The first-order valence-corrected chi connectivity index (χ1v) is 12.0. The number of aromatic amines is 1. The van der Waals surface area contributed by atoms with Gasteiger partial charge in [-0.1, -0.05) is 42.5 Å². The molecule has 6 heteroatoms. The van der Waals surface area contributed by atoms with Gasteiger partial charge >= 0.3 is 0 Å². The van der Waals surface area contributed by atoms with Crippen LogP contribution < -0.4 is 5.32 Å². The number of para-hydroxylation sites is 1. The zero-order valence-electron chi connectivity index (χ0n) is 17.6.